The topological polar surface area (TPSA) is 46.2 Å². The van der Waals surface area contributed by atoms with Crippen LogP contribution in [0.25, 0.3) is 0 Å². The molecule has 0 amide bonds. The second kappa shape index (κ2) is 4.08. The molecule has 0 saturated heterocycles. The monoisotopic (exact) mass is 291 g/mol. The van der Waals surface area contributed by atoms with Gasteiger partial charge in [-0.3, -0.25) is 0 Å². The predicted octanol–water partition coefficient (Wildman–Crippen LogP) is 2.70. The molecule has 0 spiro atoms. The van der Waals surface area contributed by atoms with Crippen molar-refractivity contribution in [3.8, 4) is 0 Å². The third-order valence-corrected chi connectivity index (χ3v) is 7.00. The van der Waals surface area contributed by atoms with Crippen LogP contribution in [0.5, 0.6) is 0 Å². The Kier molecular flexibility index (Phi) is 2.62. The standard InChI is InChI=1S/C16H21NO2S/c1-11-2-4-14-13(6-11)3-5-15(14)17-20(18,19)10-16-7-12(8-16)9-16/h2,4,6,12,15,17H,3,5,7-10H2,1H3. The summed E-state index contributed by atoms with van der Waals surface area (Å²) in [6, 6.07) is 6.34. The first kappa shape index (κ1) is 12.8. The summed E-state index contributed by atoms with van der Waals surface area (Å²) in [5, 5.41) is 0. The van der Waals surface area contributed by atoms with Gasteiger partial charge in [-0.25, -0.2) is 13.1 Å². The summed E-state index contributed by atoms with van der Waals surface area (Å²) in [4.78, 5) is 0. The molecular formula is C16H21NO2S. The van der Waals surface area contributed by atoms with Crippen LogP contribution in [0, 0.1) is 18.3 Å². The van der Waals surface area contributed by atoms with Crippen molar-refractivity contribution < 1.29 is 8.42 Å². The van der Waals surface area contributed by atoms with Crippen LogP contribution in [-0.2, 0) is 16.4 Å². The lowest BCUT2D eigenvalue weighted by Gasteiger charge is -2.61. The number of aryl methyl sites for hydroxylation is 2. The SMILES string of the molecule is Cc1ccc2c(c1)CCC2NS(=O)(=O)CC12CC(C1)C2. The van der Waals surface area contributed by atoms with E-state index in [0.29, 0.717) is 5.75 Å². The fourth-order valence-corrected chi connectivity index (χ4v) is 6.29. The Morgan fingerprint density at radius 3 is 2.70 bits per heavy atom. The molecule has 4 heteroatoms. The van der Waals surface area contributed by atoms with E-state index >= 15 is 0 Å². The fourth-order valence-electron chi connectivity index (χ4n) is 4.36. The van der Waals surface area contributed by atoms with E-state index in [1.54, 1.807) is 0 Å². The molecule has 20 heavy (non-hydrogen) atoms. The maximum Gasteiger partial charge on any atom is 0.212 e. The van der Waals surface area contributed by atoms with Gasteiger partial charge in [-0.1, -0.05) is 23.8 Å². The Bertz CT molecular complexity index is 648. The summed E-state index contributed by atoms with van der Waals surface area (Å²) in [7, 11) is -3.15. The highest BCUT2D eigenvalue weighted by atomic mass is 32.2. The molecule has 0 radical (unpaired) electrons. The third kappa shape index (κ3) is 2.01. The summed E-state index contributed by atoms with van der Waals surface area (Å²) in [6.45, 7) is 2.08. The molecule has 3 fully saturated rings. The molecule has 4 aliphatic carbocycles. The second-order valence-corrected chi connectivity index (χ2v) is 8.90. The van der Waals surface area contributed by atoms with Crippen molar-refractivity contribution in [3.63, 3.8) is 0 Å². The van der Waals surface area contributed by atoms with Crippen molar-refractivity contribution in [2.24, 2.45) is 11.3 Å². The zero-order valence-electron chi connectivity index (χ0n) is 11.9. The predicted molar refractivity (Wildman–Crippen MR) is 78.9 cm³/mol. The summed E-state index contributed by atoms with van der Waals surface area (Å²) in [5.74, 6) is 1.18. The molecule has 1 N–H and O–H groups in total. The molecule has 1 aromatic rings. The number of benzene rings is 1. The molecule has 108 valence electrons. The highest BCUT2D eigenvalue weighted by Gasteiger charge is 2.58. The van der Waals surface area contributed by atoms with Gasteiger partial charge in [0.25, 0.3) is 0 Å². The molecule has 3 saturated carbocycles. The molecule has 4 aliphatic rings. The third-order valence-electron chi connectivity index (χ3n) is 5.36. The zero-order valence-corrected chi connectivity index (χ0v) is 12.7. The Balaban J connectivity index is 1.50. The van der Waals surface area contributed by atoms with Crippen molar-refractivity contribution in [1.82, 2.24) is 4.72 Å². The van der Waals surface area contributed by atoms with Gasteiger partial charge in [0.1, 0.15) is 0 Å². The highest BCUT2D eigenvalue weighted by Crippen LogP contribution is 2.64. The van der Waals surface area contributed by atoms with Gasteiger partial charge >= 0.3 is 0 Å². The molecule has 2 bridgehead atoms. The lowest BCUT2D eigenvalue weighted by atomic mass is 9.45. The molecule has 5 rings (SSSR count). The Labute approximate surface area is 120 Å². The first-order valence-electron chi connectivity index (χ1n) is 7.54. The van der Waals surface area contributed by atoms with E-state index in [2.05, 4.69) is 29.8 Å². The van der Waals surface area contributed by atoms with E-state index in [0.717, 1.165) is 38.0 Å². The van der Waals surface area contributed by atoms with Crippen LogP contribution < -0.4 is 4.72 Å². The Morgan fingerprint density at radius 2 is 2.05 bits per heavy atom. The normalized spacial score (nSPS) is 34.2. The van der Waals surface area contributed by atoms with Gasteiger partial charge in [0, 0.05) is 6.04 Å². The molecule has 0 aliphatic heterocycles. The second-order valence-electron chi connectivity index (χ2n) is 7.15. The van der Waals surface area contributed by atoms with Crippen LogP contribution in [0.1, 0.15) is 48.4 Å². The molecular weight excluding hydrogens is 270 g/mol. The number of rotatable bonds is 4. The van der Waals surface area contributed by atoms with Crippen molar-refractivity contribution in [2.45, 2.75) is 45.1 Å². The number of hydrogen-bond acceptors (Lipinski definition) is 2. The van der Waals surface area contributed by atoms with Gasteiger partial charge in [-0.2, -0.15) is 0 Å². The number of hydrogen-bond donors (Lipinski definition) is 1. The van der Waals surface area contributed by atoms with E-state index in [9.17, 15) is 8.42 Å². The van der Waals surface area contributed by atoms with Crippen LogP contribution in [0.4, 0.5) is 0 Å². The van der Waals surface area contributed by atoms with Crippen LogP contribution in [0.3, 0.4) is 0 Å². The van der Waals surface area contributed by atoms with Crippen molar-refractivity contribution in [3.05, 3.63) is 34.9 Å². The van der Waals surface area contributed by atoms with E-state index < -0.39 is 10.0 Å². The van der Waals surface area contributed by atoms with Gasteiger partial charge in [-0.05, 0) is 61.5 Å². The van der Waals surface area contributed by atoms with E-state index in [1.807, 2.05) is 0 Å². The minimum atomic E-state index is -3.15. The van der Waals surface area contributed by atoms with Gasteiger partial charge in [0.15, 0.2) is 0 Å². The summed E-state index contributed by atoms with van der Waals surface area (Å²) >= 11 is 0. The zero-order chi connectivity index (χ0) is 14.0. The van der Waals surface area contributed by atoms with E-state index in [1.165, 1.54) is 16.7 Å². The number of nitrogens with one attached hydrogen (secondary N) is 1. The van der Waals surface area contributed by atoms with E-state index in [4.69, 9.17) is 0 Å². The average molecular weight is 291 g/mol. The molecule has 3 nitrogen and oxygen atoms in total. The fraction of sp³-hybridized carbons (Fsp3) is 0.625. The minimum Gasteiger partial charge on any atom is -0.212 e. The molecule has 0 aromatic heterocycles. The summed E-state index contributed by atoms with van der Waals surface area (Å²) < 4.78 is 27.7. The van der Waals surface area contributed by atoms with E-state index in [-0.39, 0.29) is 11.5 Å². The van der Waals surface area contributed by atoms with Crippen molar-refractivity contribution in [2.75, 3.05) is 5.75 Å². The Hall–Kier alpha value is -0.870. The molecule has 0 heterocycles. The lowest BCUT2D eigenvalue weighted by Crippen LogP contribution is -2.56. The van der Waals surface area contributed by atoms with Crippen LogP contribution in [0.15, 0.2) is 18.2 Å². The molecule has 1 unspecified atom stereocenters. The number of sulfonamides is 1. The van der Waals surface area contributed by atoms with Gasteiger partial charge in [0.2, 0.25) is 10.0 Å². The smallest absolute Gasteiger partial charge is 0.212 e. The van der Waals surface area contributed by atoms with Gasteiger partial charge < -0.3 is 0 Å². The van der Waals surface area contributed by atoms with Crippen LogP contribution >= 0.6 is 0 Å². The maximum absolute atomic E-state index is 12.4. The largest absolute Gasteiger partial charge is 0.212 e. The summed E-state index contributed by atoms with van der Waals surface area (Å²) in [6.07, 6.45) is 5.28. The van der Waals surface area contributed by atoms with Gasteiger partial charge in [-0.15, -0.1) is 0 Å². The number of fused-ring (bicyclic) bond motifs is 1. The summed E-state index contributed by atoms with van der Waals surface area (Å²) in [5.41, 5.74) is 3.88. The first-order chi connectivity index (χ1) is 9.45. The maximum atomic E-state index is 12.4. The Morgan fingerprint density at radius 1 is 1.30 bits per heavy atom. The highest BCUT2D eigenvalue weighted by molar-refractivity contribution is 7.89. The minimum absolute atomic E-state index is 0.0112. The quantitative estimate of drug-likeness (QED) is 0.927. The molecule has 1 atom stereocenters. The van der Waals surface area contributed by atoms with Crippen LogP contribution in [0.2, 0.25) is 0 Å². The van der Waals surface area contributed by atoms with Crippen molar-refractivity contribution >= 4 is 10.0 Å². The lowest BCUT2D eigenvalue weighted by molar-refractivity contribution is -0.0849. The first-order valence-corrected chi connectivity index (χ1v) is 9.19. The van der Waals surface area contributed by atoms with Crippen LogP contribution in [-0.4, -0.2) is 14.2 Å². The average Bonchev–Trinajstić information content (AvgIpc) is 2.64. The van der Waals surface area contributed by atoms with Gasteiger partial charge in [0.05, 0.1) is 5.75 Å². The molecule has 1 aromatic carbocycles. The van der Waals surface area contributed by atoms with Crippen molar-refractivity contribution in [1.29, 1.82) is 0 Å².